The van der Waals surface area contributed by atoms with Crippen LogP contribution in [0.15, 0.2) is 10.9 Å². The van der Waals surface area contributed by atoms with Gasteiger partial charge in [-0.25, -0.2) is 4.79 Å². The molecular formula is C10H11F3N2O4. The Balaban J connectivity index is 3.34. The first-order chi connectivity index (χ1) is 8.78. The first-order valence-electron chi connectivity index (χ1n) is 5.17. The van der Waals surface area contributed by atoms with E-state index in [9.17, 15) is 22.8 Å². The van der Waals surface area contributed by atoms with Crippen LogP contribution < -0.4 is 15.9 Å². The second kappa shape index (κ2) is 5.74. The minimum Gasteiger partial charge on any atom is -0.462 e. The number of halogens is 3. The Labute approximate surface area is 105 Å². The molecule has 0 fully saturated rings. The van der Waals surface area contributed by atoms with E-state index in [4.69, 9.17) is 5.73 Å². The molecule has 0 saturated heterocycles. The summed E-state index contributed by atoms with van der Waals surface area (Å²) < 4.78 is 44.7. The maximum Gasteiger partial charge on any atom is 0.574 e. The Kier molecular flexibility index (Phi) is 4.54. The number of nitrogens with two attached hydrogens (primary N) is 1. The Morgan fingerprint density at radius 2 is 2.11 bits per heavy atom. The number of alkyl halides is 3. The predicted molar refractivity (Wildman–Crippen MR) is 57.6 cm³/mol. The fraction of sp³-hybridized carbons (Fsp3) is 0.400. The van der Waals surface area contributed by atoms with Crippen LogP contribution in [-0.2, 0) is 11.3 Å². The van der Waals surface area contributed by atoms with Crippen LogP contribution in [0, 0.1) is 0 Å². The smallest absolute Gasteiger partial charge is 0.462 e. The van der Waals surface area contributed by atoms with E-state index in [0.29, 0.717) is 0 Å². The number of ether oxygens (including phenoxy) is 2. The van der Waals surface area contributed by atoms with Gasteiger partial charge in [0.05, 0.1) is 6.61 Å². The summed E-state index contributed by atoms with van der Waals surface area (Å²) in [7, 11) is 0. The first kappa shape index (κ1) is 15.0. The summed E-state index contributed by atoms with van der Waals surface area (Å²) in [5.41, 5.74) is 3.40. The highest BCUT2D eigenvalue weighted by atomic mass is 19.4. The molecule has 0 amide bonds. The lowest BCUT2D eigenvalue weighted by Gasteiger charge is -2.13. The number of aromatic amines is 1. The second-order valence-electron chi connectivity index (χ2n) is 3.34. The van der Waals surface area contributed by atoms with Gasteiger partial charge in [-0.1, -0.05) is 0 Å². The summed E-state index contributed by atoms with van der Waals surface area (Å²) in [6.07, 6.45) is -5.06. The van der Waals surface area contributed by atoms with Crippen LogP contribution in [0.3, 0.4) is 0 Å². The van der Waals surface area contributed by atoms with E-state index in [2.05, 4.69) is 14.5 Å². The molecule has 0 spiro atoms. The van der Waals surface area contributed by atoms with Gasteiger partial charge in [0.25, 0.3) is 0 Å². The predicted octanol–water partition coefficient (Wildman–Crippen LogP) is 0.909. The van der Waals surface area contributed by atoms with Crippen molar-refractivity contribution in [1.82, 2.24) is 4.98 Å². The number of pyridine rings is 1. The van der Waals surface area contributed by atoms with Crippen molar-refractivity contribution in [2.24, 2.45) is 5.73 Å². The van der Waals surface area contributed by atoms with Crippen LogP contribution in [0.4, 0.5) is 13.2 Å². The maximum absolute atomic E-state index is 12.2. The molecule has 3 N–H and O–H groups in total. The normalized spacial score (nSPS) is 11.2. The van der Waals surface area contributed by atoms with Crippen LogP contribution in [-0.4, -0.2) is 23.9 Å². The molecule has 0 atom stereocenters. The third kappa shape index (κ3) is 3.98. The van der Waals surface area contributed by atoms with Gasteiger partial charge in [-0.3, -0.25) is 4.79 Å². The molecule has 106 valence electrons. The molecule has 0 radical (unpaired) electrons. The molecule has 0 aromatic carbocycles. The summed E-state index contributed by atoms with van der Waals surface area (Å²) in [6.45, 7) is 1.14. The summed E-state index contributed by atoms with van der Waals surface area (Å²) in [6, 6.07) is 0.912. The average molecular weight is 280 g/mol. The van der Waals surface area contributed by atoms with Crippen LogP contribution >= 0.6 is 0 Å². The van der Waals surface area contributed by atoms with Crippen LogP contribution in [0.25, 0.3) is 0 Å². The van der Waals surface area contributed by atoms with Crippen molar-refractivity contribution >= 4 is 5.97 Å². The molecule has 1 aromatic rings. The van der Waals surface area contributed by atoms with Crippen molar-refractivity contribution in [1.29, 1.82) is 0 Å². The fourth-order valence-electron chi connectivity index (χ4n) is 1.29. The van der Waals surface area contributed by atoms with E-state index in [0.717, 1.165) is 6.07 Å². The minimum absolute atomic E-state index is 0.00250. The van der Waals surface area contributed by atoms with Gasteiger partial charge in [0.2, 0.25) is 5.88 Å². The van der Waals surface area contributed by atoms with Crippen molar-refractivity contribution in [2.75, 3.05) is 6.61 Å². The molecule has 0 aliphatic carbocycles. The van der Waals surface area contributed by atoms with Crippen LogP contribution in [0.5, 0.6) is 5.88 Å². The highest BCUT2D eigenvalue weighted by molar-refractivity contribution is 5.91. The standard InChI is InChI=1S/C10H11F3N2O4/c1-2-18-9(17)7-6(16)3-5(4-14)15-8(7)19-10(11,12)13/h3H,2,4,14H2,1H3,(H,15,16). The number of carbonyl (C=O) groups excluding carboxylic acids is 1. The molecule has 0 unspecified atom stereocenters. The van der Waals surface area contributed by atoms with E-state index >= 15 is 0 Å². The van der Waals surface area contributed by atoms with Gasteiger partial charge >= 0.3 is 12.3 Å². The summed E-state index contributed by atoms with van der Waals surface area (Å²) >= 11 is 0. The monoisotopic (exact) mass is 280 g/mol. The minimum atomic E-state index is -5.06. The highest BCUT2D eigenvalue weighted by Gasteiger charge is 2.34. The molecule has 6 nitrogen and oxygen atoms in total. The van der Waals surface area contributed by atoms with Gasteiger partial charge in [-0.15, -0.1) is 13.2 Å². The topological polar surface area (TPSA) is 94.4 Å². The lowest BCUT2D eigenvalue weighted by molar-refractivity contribution is -0.276. The summed E-state index contributed by atoms with van der Waals surface area (Å²) in [5, 5.41) is 0. The van der Waals surface area contributed by atoms with Crippen molar-refractivity contribution < 1.29 is 27.4 Å². The molecule has 1 rings (SSSR count). The number of hydrogen-bond donors (Lipinski definition) is 2. The van der Waals surface area contributed by atoms with Crippen molar-refractivity contribution in [3.63, 3.8) is 0 Å². The van der Waals surface area contributed by atoms with Crippen molar-refractivity contribution in [3.05, 3.63) is 27.5 Å². The number of esters is 1. The zero-order valence-corrected chi connectivity index (χ0v) is 9.84. The van der Waals surface area contributed by atoms with Gasteiger partial charge in [0.1, 0.15) is 0 Å². The summed E-state index contributed by atoms with van der Waals surface area (Å²) in [5.74, 6) is -2.23. The van der Waals surface area contributed by atoms with Gasteiger partial charge in [-0.2, -0.15) is 0 Å². The lowest BCUT2D eigenvalue weighted by Crippen LogP contribution is -2.26. The molecule has 9 heteroatoms. The molecule has 0 aliphatic heterocycles. The average Bonchev–Trinajstić information content (AvgIpc) is 2.26. The number of aromatic nitrogens is 1. The third-order valence-electron chi connectivity index (χ3n) is 1.97. The van der Waals surface area contributed by atoms with Crippen LogP contribution in [0.2, 0.25) is 0 Å². The maximum atomic E-state index is 12.2. The van der Waals surface area contributed by atoms with Crippen molar-refractivity contribution in [2.45, 2.75) is 19.8 Å². The third-order valence-corrected chi connectivity index (χ3v) is 1.97. The van der Waals surface area contributed by atoms with E-state index < -0.39 is 29.2 Å². The summed E-state index contributed by atoms with van der Waals surface area (Å²) in [4.78, 5) is 25.2. The second-order valence-corrected chi connectivity index (χ2v) is 3.34. The van der Waals surface area contributed by atoms with Crippen LogP contribution in [0.1, 0.15) is 23.0 Å². The van der Waals surface area contributed by atoms with E-state index in [-0.39, 0.29) is 18.8 Å². The zero-order chi connectivity index (χ0) is 14.6. The quantitative estimate of drug-likeness (QED) is 0.799. The van der Waals surface area contributed by atoms with E-state index in [1.54, 1.807) is 0 Å². The van der Waals surface area contributed by atoms with E-state index in [1.165, 1.54) is 6.92 Å². The van der Waals surface area contributed by atoms with E-state index in [1.807, 2.05) is 0 Å². The largest absolute Gasteiger partial charge is 0.574 e. The Hall–Kier alpha value is -2.03. The molecular weight excluding hydrogens is 269 g/mol. The zero-order valence-electron chi connectivity index (χ0n) is 9.84. The molecule has 0 bridgehead atoms. The van der Waals surface area contributed by atoms with Gasteiger partial charge in [0, 0.05) is 18.3 Å². The molecule has 1 aromatic heterocycles. The molecule has 0 saturated carbocycles. The SMILES string of the molecule is CCOC(=O)c1c(OC(F)(F)F)[nH]c(CN)cc1=O. The Morgan fingerprint density at radius 3 is 2.58 bits per heavy atom. The lowest BCUT2D eigenvalue weighted by atomic mass is 10.2. The molecule has 19 heavy (non-hydrogen) atoms. The fourth-order valence-corrected chi connectivity index (χ4v) is 1.29. The number of nitrogens with one attached hydrogen (secondary N) is 1. The number of rotatable bonds is 4. The molecule has 1 heterocycles. The van der Waals surface area contributed by atoms with Gasteiger partial charge < -0.3 is 20.2 Å². The van der Waals surface area contributed by atoms with Gasteiger partial charge in [0.15, 0.2) is 11.0 Å². The van der Waals surface area contributed by atoms with Crippen molar-refractivity contribution in [3.8, 4) is 5.88 Å². The highest BCUT2D eigenvalue weighted by Crippen LogP contribution is 2.23. The number of hydrogen-bond acceptors (Lipinski definition) is 5. The number of H-pyrrole nitrogens is 1. The van der Waals surface area contributed by atoms with Gasteiger partial charge in [-0.05, 0) is 6.92 Å². The Morgan fingerprint density at radius 1 is 1.47 bits per heavy atom. The Bertz CT molecular complexity index is 524. The number of carbonyl (C=O) groups is 1. The molecule has 0 aliphatic rings. The first-order valence-corrected chi connectivity index (χ1v) is 5.17.